The largest absolute Gasteiger partial charge is 0.493 e. The van der Waals surface area contributed by atoms with Crippen molar-refractivity contribution in [3.05, 3.63) is 23.8 Å². The van der Waals surface area contributed by atoms with Crippen molar-refractivity contribution in [3.8, 4) is 11.5 Å². The number of carbonyl (C=O) groups is 1. The van der Waals surface area contributed by atoms with Crippen molar-refractivity contribution in [2.45, 2.75) is 68.9 Å². The number of ether oxygens (including phenoxy) is 4. The molecule has 2 fully saturated rings. The van der Waals surface area contributed by atoms with Crippen molar-refractivity contribution in [2.24, 2.45) is 0 Å². The van der Waals surface area contributed by atoms with Crippen molar-refractivity contribution in [1.82, 2.24) is 4.90 Å². The van der Waals surface area contributed by atoms with Crippen molar-refractivity contribution in [3.63, 3.8) is 0 Å². The van der Waals surface area contributed by atoms with Gasteiger partial charge in [-0.1, -0.05) is 6.07 Å². The summed E-state index contributed by atoms with van der Waals surface area (Å²) in [5.41, 5.74) is -0.0976. The van der Waals surface area contributed by atoms with Crippen LogP contribution in [0, 0.1) is 0 Å². The van der Waals surface area contributed by atoms with Crippen LogP contribution in [-0.4, -0.2) is 60.7 Å². The third kappa shape index (κ3) is 5.40. The Morgan fingerprint density at radius 1 is 1.16 bits per heavy atom. The van der Waals surface area contributed by atoms with Crippen LogP contribution in [0.4, 0.5) is 4.79 Å². The van der Waals surface area contributed by atoms with Gasteiger partial charge in [-0.05, 0) is 76.7 Å². The van der Waals surface area contributed by atoms with Gasteiger partial charge in [0.25, 0.3) is 0 Å². The van der Waals surface area contributed by atoms with Gasteiger partial charge in [0.05, 0.1) is 30.9 Å². The van der Waals surface area contributed by atoms with Gasteiger partial charge in [0, 0.05) is 0 Å². The molecule has 1 atom stereocenters. The molecule has 0 bridgehead atoms. The van der Waals surface area contributed by atoms with E-state index in [4.69, 9.17) is 18.9 Å². The van der Waals surface area contributed by atoms with Crippen LogP contribution >= 0.6 is 23.5 Å². The Morgan fingerprint density at radius 2 is 1.81 bits per heavy atom. The predicted molar refractivity (Wildman–Crippen MR) is 127 cm³/mol. The lowest BCUT2D eigenvalue weighted by atomic mass is 10.0. The minimum absolute atomic E-state index is 0.0870. The summed E-state index contributed by atoms with van der Waals surface area (Å²) in [5.74, 6) is 3.58. The highest BCUT2D eigenvalue weighted by Crippen LogP contribution is 2.55. The van der Waals surface area contributed by atoms with Crippen LogP contribution in [0.15, 0.2) is 18.2 Å². The predicted octanol–water partition coefficient (Wildman–Crippen LogP) is 5.49. The van der Waals surface area contributed by atoms with E-state index in [-0.39, 0.29) is 16.2 Å². The highest BCUT2D eigenvalue weighted by Gasteiger charge is 2.50. The van der Waals surface area contributed by atoms with Crippen molar-refractivity contribution in [1.29, 1.82) is 0 Å². The Labute approximate surface area is 194 Å². The van der Waals surface area contributed by atoms with Gasteiger partial charge in [-0.3, -0.25) is 4.90 Å². The molecule has 1 aromatic rings. The molecule has 0 unspecified atom stereocenters. The van der Waals surface area contributed by atoms with Gasteiger partial charge in [0.1, 0.15) is 11.3 Å². The SMILES string of the molecule is COc1ccc(C2(C[C@@H]3COC(C)(C)N3C(=O)OC(C)(C)C)SCCCS2)cc1OC. The normalized spacial score (nSPS) is 22.8. The number of thioether (sulfide) groups is 2. The zero-order valence-corrected chi connectivity index (χ0v) is 21.3. The van der Waals surface area contributed by atoms with Crippen LogP contribution < -0.4 is 9.47 Å². The molecule has 2 saturated heterocycles. The Hall–Kier alpha value is -1.25. The monoisotopic (exact) mass is 469 g/mol. The van der Waals surface area contributed by atoms with Gasteiger partial charge in [0.2, 0.25) is 0 Å². The van der Waals surface area contributed by atoms with Gasteiger partial charge < -0.3 is 18.9 Å². The smallest absolute Gasteiger partial charge is 0.412 e. The van der Waals surface area contributed by atoms with Crippen LogP contribution in [0.2, 0.25) is 0 Å². The minimum Gasteiger partial charge on any atom is -0.493 e. The van der Waals surface area contributed by atoms with Gasteiger partial charge in [-0.25, -0.2) is 4.79 Å². The molecule has 8 heteroatoms. The van der Waals surface area contributed by atoms with E-state index >= 15 is 0 Å². The summed E-state index contributed by atoms with van der Waals surface area (Å²) in [7, 11) is 3.31. The highest BCUT2D eigenvalue weighted by molar-refractivity contribution is 8.18. The zero-order chi connectivity index (χ0) is 22.9. The zero-order valence-electron chi connectivity index (χ0n) is 19.6. The van der Waals surface area contributed by atoms with E-state index in [0.717, 1.165) is 23.7 Å². The first-order valence-electron chi connectivity index (χ1n) is 10.7. The molecule has 2 aliphatic rings. The van der Waals surface area contributed by atoms with Crippen molar-refractivity contribution >= 4 is 29.6 Å². The van der Waals surface area contributed by atoms with E-state index in [2.05, 4.69) is 12.1 Å². The number of hydrogen-bond donors (Lipinski definition) is 0. The summed E-state index contributed by atoms with van der Waals surface area (Å²) in [4.78, 5) is 14.9. The second-order valence-electron chi connectivity index (χ2n) is 9.34. The van der Waals surface area contributed by atoms with E-state index < -0.39 is 11.3 Å². The maximum atomic E-state index is 13.1. The van der Waals surface area contributed by atoms with Crippen LogP contribution in [0.25, 0.3) is 0 Å². The van der Waals surface area contributed by atoms with Crippen LogP contribution in [0.1, 0.15) is 53.0 Å². The molecule has 0 radical (unpaired) electrons. The van der Waals surface area contributed by atoms with E-state index in [1.165, 1.54) is 12.0 Å². The first kappa shape index (κ1) is 24.4. The fraction of sp³-hybridized carbons (Fsp3) is 0.696. The number of benzene rings is 1. The number of amides is 1. The summed E-state index contributed by atoms with van der Waals surface area (Å²) in [6.07, 6.45) is 1.61. The van der Waals surface area contributed by atoms with Gasteiger partial charge >= 0.3 is 6.09 Å². The van der Waals surface area contributed by atoms with Crippen LogP contribution in [0.3, 0.4) is 0 Å². The molecular weight excluding hydrogens is 434 g/mol. The van der Waals surface area contributed by atoms with E-state index in [0.29, 0.717) is 12.4 Å². The number of carbonyl (C=O) groups excluding carboxylic acids is 1. The van der Waals surface area contributed by atoms with E-state index in [1.807, 2.05) is 64.2 Å². The van der Waals surface area contributed by atoms with Crippen molar-refractivity contribution in [2.75, 3.05) is 32.3 Å². The lowest BCUT2D eigenvalue weighted by Gasteiger charge is -2.41. The molecule has 1 amide bonds. The standard InChI is InChI=1S/C23H35NO5S2/c1-21(2,3)29-20(25)24-17(15-28-22(24,4)5)14-23(30-11-8-12-31-23)16-9-10-18(26-6)19(13-16)27-7/h9-10,13,17H,8,11-12,14-15H2,1-7H3/t17-/m1/s1. The second-order valence-corrected chi connectivity index (χ2v) is 12.4. The lowest BCUT2D eigenvalue weighted by molar-refractivity contribution is -0.0627. The third-order valence-electron chi connectivity index (χ3n) is 5.45. The average Bonchev–Trinajstić information content (AvgIpc) is 3.00. The molecule has 1 aromatic carbocycles. The first-order chi connectivity index (χ1) is 14.5. The molecule has 0 saturated carbocycles. The molecule has 3 rings (SSSR count). The Morgan fingerprint density at radius 3 is 2.39 bits per heavy atom. The topological polar surface area (TPSA) is 57.2 Å². The molecule has 2 aliphatic heterocycles. The Kier molecular flexibility index (Phi) is 7.33. The number of hydrogen-bond acceptors (Lipinski definition) is 7. The molecule has 6 nitrogen and oxygen atoms in total. The maximum absolute atomic E-state index is 13.1. The second kappa shape index (κ2) is 9.32. The maximum Gasteiger partial charge on any atom is 0.412 e. The third-order valence-corrected chi connectivity index (χ3v) is 8.88. The fourth-order valence-corrected chi connectivity index (χ4v) is 7.54. The number of methoxy groups -OCH3 is 2. The number of nitrogens with zero attached hydrogens (tertiary/aromatic N) is 1. The summed E-state index contributed by atoms with van der Waals surface area (Å²) >= 11 is 3.89. The summed E-state index contributed by atoms with van der Waals surface area (Å²) < 4.78 is 22.6. The molecule has 0 aromatic heterocycles. The van der Waals surface area contributed by atoms with Crippen LogP contribution in [-0.2, 0) is 13.6 Å². The van der Waals surface area contributed by atoms with Crippen molar-refractivity contribution < 1.29 is 23.7 Å². The molecule has 0 N–H and O–H groups in total. The van der Waals surface area contributed by atoms with Gasteiger partial charge in [0.15, 0.2) is 11.5 Å². The molecule has 31 heavy (non-hydrogen) atoms. The highest BCUT2D eigenvalue weighted by atomic mass is 32.2. The fourth-order valence-electron chi connectivity index (χ4n) is 4.07. The lowest BCUT2D eigenvalue weighted by Crippen LogP contribution is -2.51. The number of rotatable bonds is 5. The first-order valence-corrected chi connectivity index (χ1v) is 12.7. The summed E-state index contributed by atoms with van der Waals surface area (Å²) in [6, 6.07) is 6.07. The average molecular weight is 470 g/mol. The molecule has 0 spiro atoms. The Bertz CT molecular complexity index is 787. The van der Waals surface area contributed by atoms with Gasteiger partial charge in [-0.15, -0.1) is 23.5 Å². The summed E-state index contributed by atoms with van der Waals surface area (Å²) in [6.45, 7) is 10.0. The van der Waals surface area contributed by atoms with E-state index in [1.54, 1.807) is 19.1 Å². The van der Waals surface area contributed by atoms with Gasteiger partial charge in [-0.2, -0.15) is 0 Å². The quantitative estimate of drug-likeness (QED) is 0.565. The Balaban J connectivity index is 1.94. The van der Waals surface area contributed by atoms with Crippen LogP contribution in [0.5, 0.6) is 11.5 Å². The molecular formula is C23H35NO5S2. The minimum atomic E-state index is -0.713. The summed E-state index contributed by atoms with van der Waals surface area (Å²) in [5, 5.41) is 0. The molecule has 2 heterocycles. The molecule has 174 valence electrons. The van der Waals surface area contributed by atoms with E-state index in [9.17, 15) is 4.79 Å². The molecule has 0 aliphatic carbocycles.